The zero-order valence-corrected chi connectivity index (χ0v) is 18.2. The maximum absolute atomic E-state index is 13.5. The first-order valence-electron chi connectivity index (χ1n) is 10.6. The first-order chi connectivity index (χ1) is 15.8. The molecule has 9 heteroatoms. The van der Waals surface area contributed by atoms with Crippen LogP contribution < -0.4 is 5.56 Å². The summed E-state index contributed by atoms with van der Waals surface area (Å²) in [7, 11) is 0. The minimum Gasteiger partial charge on any atom is -0.378 e. The molecule has 1 aliphatic carbocycles. The monoisotopic (exact) mass is 471 g/mol. The van der Waals surface area contributed by atoms with Crippen molar-refractivity contribution in [1.29, 1.82) is 0 Å². The molecule has 1 aliphatic heterocycles. The van der Waals surface area contributed by atoms with Gasteiger partial charge in [0.15, 0.2) is 6.10 Å². The number of hydrogen-bond donors (Lipinski definition) is 2. The van der Waals surface area contributed by atoms with E-state index in [1.54, 1.807) is 0 Å². The standard InChI is InChI=1S/C24H20ClF2N3O3/c25-15-3-1-14(2-4-15)24(6-7-24)23-28-19-5-8-30(12-18(19)21(32)29-23)22(33)20(31)13-9-16(26)11-17(27)10-13/h1-4,9-11,20,31H,5-8,12H2,(H,28,29,32). The Labute approximate surface area is 192 Å². The second-order valence-corrected chi connectivity index (χ2v) is 8.98. The van der Waals surface area contributed by atoms with Crippen LogP contribution in [0.25, 0.3) is 0 Å². The maximum Gasteiger partial charge on any atom is 0.256 e. The summed E-state index contributed by atoms with van der Waals surface area (Å²) in [6, 6.07) is 9.99. The lowest BCUT2D eigenvalue weighted by molar-refractivity contribution is -0.141. The number of hydrogen-bond acceptors (Lipinski definition) is 4. The van der Waals surface area contributed by atoms with E-state index in [0.29, 0.717) is 34.6 Å². The number of rotatable bonds is 4. The molecule has 2 N–H and O–H groups in total. The summed E-state index contributed by atoms with van der Waals surface area (Å²) in [6.07, 6.45) is 0.316. The van der Waals surface area contributed by atoms with Gasteiger partial charge in [-0.1, -0.05) is 23.7 Å². The molecule has 33 heavy (non-hydrogen) atoms. The van der Waals surface area contributed by atoms with Gasteiger partial charge in [-0.25, -0.2) is 13.8 Å². The van der Waals surface area contributed by atoms with E-state index in [2.05, 4.69) is 4.98 Å². The molecule has 0 radical (unpaired) electrons. The van der Waals surface area contributed by atoms with Gasteiger partial charge in [0.05, 0.1) is 23.2 Å². The number of carbonyl (C=O) groups excluding carboxylic acids is 1. The van der Waals surface area contributed by atoms with Crippen molar-refractivity contribution >= 4 is 17.5 Å². The summed E-state index contributed by atoms with van der Waals surface area (Å²) in [5.41, 5.74) is 1.15. The summed E-state index contributed by atoms with van der Waals surface area (Å²) in [4.78, 5) is 34.6. The van der Waals surface area contributed by atoms with Crippen LogP contribution in [0.3, 0.4) is 0 Å². The van der Waals surface area contributed by atoms with E-state index < -0.39 is 23.6 Å². The number of aliphatic hydroxyl groups is 1. The largest absolute Gasteiger partial charge is 0.378 e. The molecule has 0 saturated heterocycles. The number of nitrogens with one attached hydrogen (secondary N) is 1. The van der Waals surface area contributed by atoms with Crippen molar-refractivity contribution in [2.45, 2.75) is 37.3 Å². The molecule has 1 aromatic heterocycles. The number of amides is 1. The molecule has 170 valence electrons. The molecule has 6 nitrogen and oxygen atoms in total. The van der Waals surface area contributed by atoms with Crippen molar-refractivity contribution in [2.75, 3.05) is 6.54 Å². The molecule has 1 atom stereocenters. The van der Waals surface area contributed by atoms with E-state index in [0.717, 1.165) is 30.5 Å². The fourth-order valence-electron chi connectivity index (χ4n) is 4.44. The number of aliphatic hydroxyl groups excluding tert-OH is 1. The van der Waals surface area contributed by atoms with Crippen LogP contribution in [0.1, 0.15) is 47.2 Å². The number of aromatic nitrogens is 2. The Morgan fingerprint density at radius 3 is 2.45 bits per heavy atom. The highest BCUT2D eigenvalue weighted by Gasteiger charge is 2.48. The lowest BCUT2D eigenvalue weighted by Gasteiger charge is -2.30. The van der Waals surface area contributed by atoms with Crippen LogP contribution in [-0.4, -0.2) is 32.4 Å². The number of halogens is 3. The molecular formula is C24H20ClF2N3O3. The molecule has 1 fully saturated rings. The van der Waals surface area contributed by atoms with Gasteiger partial charge >= 0.3 is 0 Å². The third kappa shape index (κ3) is 3.94. The van der Waals surface area contributed by atoms with Crippen LogP contribution in [0.2, 0.25) is 5.02 Å². The molecule has 2 aliphatic rings. The lowest BCUT2D eigenvalue weighted by atomic mass is 9.94. The molecule has 2 heterocycles. The number of aromatic amines is 1. The Morgan fingerprint density at radius 2 is 1.82 bits per heavy atom. The number of nitrogens with zero attached hydrogens (tertiary/aromatic N) is 2. The van der Waals surface area contributed by atoms with Gasteiger partial charge in [-0.15, -0.1) is 0 Å². The molecule has 0 bridgehead atoms. The highest BCUT2D eigenvalue weighted by molar-refractivity contribution is 6.30. The van der Waals surface area contributed by atoms with Crippen LogP contribution in [0.4, 0.5) is 8.78 Å². The summed E-state index contributed by atoms with van der Waals surface area (Å²) >= 11 is 6.00. The van der Waals surface area contributed by atoms with Crippen molar-refractivity contribution in [2.24, 2.45) is 0 Å². The van der Waals surface area contributed by atoms with E-state index in [4.69, 9.17) is 16.6 Å². The highest BCUT2D eigenvalue weighted by atomic mass is 35.5. The minimum absolute atomic E-state index is 0.0421. The van der Waals surface area contributed by atoms with Crippen molar-refractivity contribution in [3.63, 3.8) is 0 Å². The van der Waals surface area contributed by atoms with Gasteiger partial charge in [-0.05, 0) is 48.2 Å². The third-order valence-corrected chi connectivity index (χ3v) is 6.67. The Kier molecular flexibility index (Phi) is 5.29. The van der Waals surface area contributed by atoms with Crippen LogP contribution in [0.5, 0.6) is 0 Å². The van der Waals surface area contributed by atoms with Gasteiger partial charge in [0.2, 0.25) is 0 Å². The molecule has 2 aromatic carbocycles. The molecule has 1 unspecified atom stereocenters. The molecule has 3 aromatic rings. The van der Waals surface area contributed by atoms with Crippen LogP contribution in [0, 0.1) is 11.6 Å². The maximum atomic E-state index is 13.5. The van der Waals surface area contributed by atoms with Crippen molar-refractivity contribution in [1.82, 2.24) is 14.9 Å². The van der Waals surface area contributed by atoms with Crippen LogP contribution >= 0.6 is 11.6 Å². The summed E-state index contributed by atoms with van der Waals surface area (Å²) in [6.45, 7) is 0.185. The molecule has 1 saturated carbocycles. The van der Waals surface area contributed by atoms with Gasteiger partial charge in [0.25, 0.3) is 11.5 Å². The summed E-state index contributed by atoms with van der Waals surface area (Å²) in [5, 5.41) is 11.0. The predicted molar refractivity (Wildman–Crippen MR) is 117 cm³/mol. The van der Waals surface area contributed by atoms with Crippen LogP contribution in [-0.2, 0) is 23.2 Å². The number of benzene rings is 2. The topological polar surface area (TPSA) is 86.3 Å². The highest BCUT2D eigenvalue weighted by Crippen LogP contribution is 2.52. The molecular weight excluding hydrogens is 452 g/mol. The van der Waals surface area contributed by atoms with Crippen molar-refractivity contribution in [3.05, 3.63) is 97.7 Å². The van der Waals surface area contributed by atoms with Crippen LogP contribution in [0.15, 0.2) is 47.3 Å². The first kappa shape index (κ1) is 21.7. The van der Waals surface area contributed by atoms with E-state index in [-0.39, 0.29) is 29.6 Å². The van der Waals surface area contributed by atoms with Crippen molar-refractivity contribution < 1.29 is 18.7 Å². The van der Waals surface area contributed by atoms with E-state index in [1.165, 1.54) is 4.90 Å². The smallest absolute Gasteiger partial charge is 0.256 e. The number of fused-ring (bicyclic) bond motifs is 1. The quantitative estimate of drug-likeness (QED) is 0.610. The normalized spacial score (nSPS) is 17.4. The lowest BCUT2D eigenvalue weighted by Crippen LogP contribution is -2.42. The second kappa shape index (κ2) is 8.04. The van der Waals surface area contributed by atoms with Gasteiger partial charge < -0.3 is 15.0 Å². The minimum atomic E-state index is -1.73. The average Bonchev–Trinajstić information content (AvgIpc) is 3.60. The Balaban J connectivity index is 1.40. The van der Waals surface area contributed by atoms with Gasteiger partial charge in [0.1, 0.15) is 17.5 Å². The molecule has 5 rings (SSSR count). The zero-order valence-electron chi connectivity index (χ0n) is 17.4. The fourth-order valence-corrected chi connectivity index (χ4v) is 4.57. The number of H-pyrrole nitrogens is 1. The fraction of sp³-hybridized carbons (Fsp3) is 0.292. The molecule has 1 amide bonds. The Hall–Kier alpha value is -3.10. The van der Waals surface area contributed by atoms with Crippen molar-refractivity contribution in [3.8, 4) is 0 Å². The van der Waals surface area contributed by atoms with E-state index >= 15 is 0 Å². The SMILES string of the molecule is O=C(C(O)c1cc(F)cc(F)c1)N1CCc2nc(C3(c4ccc(Cl)cc4)CC3)[nH]c(=O)c2C1. The Morgan fingerprint density at radius 1 is 1.15 bits per heavy atom. The third-order valence-electron chi connectivity index (χ3n) is 6.41. The number of carbonyl (C=O) groups is 1. The Bertz CT molecular complexity index is 1290. The van der Waals surface area contributed by atoms with Gasteiger partial charge in [0, 0.05) is 24.1 Å². The zero-order chi connectivity index (χ0) is 23.3. The first-order valence-corrected chi connectivity index (χ1v) is 11.0. The van der Waals surface area contributed by atoms with Gasteiger partial charge in [-0.2, -0.15) is 0 Å². The molecule has 0 spiro atoms. The van der Waals surface area contributed by atoms with E-state index in [9.17, 15) is 23.5 Å². The summed E-state index contributed by atoms with van der Waals surface area (Å²) < 4.78 is 27.0. The second-order valence-electron chi connectivity index (χ2n) is 8.54. The predicted octanol–water partition coefficient (Wildman–Crippen LogP) is 3.40. The van der Waals surface area contributed by atoms with E-state index in [1.807, 2.05) is 24.3 Å². The van der Waals surface area contributed by atoms with Gasteiger partial charge in [-0.3, -0.25) is 9.59 Å². The summed E-state index contributed by atoms with van der Waals surface area (Å²) in [5.74, 6) is -1.90. The average molecular weight is 472 g/mol.